The summed E-state index contributed by atoms with van der Waals surface area (Å²) in [6.07, 6.45) is -0.174. The molecule has 3 atom stereocenters. The normalized spacial score (nSPS) is 24.0. The Balaban J connectivity index is 1.80. The van der Waals surface area contributed by atoms with Crippen molar-refractivity contribution in [2.24, 2.45) is 0 Å². The minimum Gasteiger partial charge on any atom is -0.351 e. The maximum absolute atomic E-state index is 8.54. The van der Waals surface area contributed by atoms with Gasteiger partial charge in [-0.05, 0) is 30.2 Å². The van der Waals surface area contributed by atoms with Crippen LogP contribution in [0.15, 0.2) is 84.9 Å². The van der Waals surface area contributed by atoms with Gasteiger partial charge in [0, 0.05) is 5.69 Å². The summed E-state index contributed by atoms with van der Waals surface area (Å²) >= 11 is 0. The first-order chi connectivity index (χ1) is 12.2. The Morgan fingerprint density at radius 1 is 0.833 bits per heavy atom. The van der Waals surface area contributed by atoms with Gasteiger partial charge in [-0.25, -0.2) is 0 Å². The molecule has 24 heavy (non-hydrogen) atoms. The average Bonchev–Trinajstić information content (AvgIpc) is 3.01. The molecule has 0 bridgehead atoms. The van der Waals surface area contributed by atoms with Gasteiger partial charge in [0.1, 0.15) is 12.8 Å². The number of aryl methyl sites for hydroxylation is 1. The molecule has 4 rings (SSSR count). The summed E-state index contributed by atoms with van der Waals surface area (Å²) in [7, 11) is 0. The third-order valence-electron chi connectivity index (χ3n) is 4.51. The number of benzene rings is 3. The van der Waals surface area contributed by atoms with Crippen LogP contribution >= 0.6 is 0 Å². The van der Waals surface area contributed by atoms with Gasteiger partial charge in [0.2, 0.25) is 0 Å². The van der Waals surface area contributed by atoms with Crippen LogP contribution in [0, 0.1) is 6.92 Å². The topological polar surface area (TPSA) is 12.5 Å². The molecule has 1 aliphatic rings. The highest BCUT2D eigenvalue weighted by molar-refractivity contribution is 5.51. The maximum Gasteiger partial charge on any atom is 0.120 e. The van der Waals surface area contributed by atoms with Gasteiger partial charge in [0.05, 0.1) is 7.41 Å². The van der Waals surface area contributed by atoms with Gasteiger partial charge in [-0.15, -0.1) is 0 Å². The summed E-state index contributed by atoms with van der Waals surface area (Å²) in [6.45, 7) is 1.34. The molecular weight excluding hydrogens is 294 g/mol. The van der Waals surface area contributed by atoms with Crippen LogP contribution in [0.2, 0.25) is 0 Å². The molecule has 120 valence electrons. The quantitative estimate of drug-likeness (QED) is 0.652. The third-order valence-corrected chi connectivity index (χ3v) is 4.51. The first-order valence-electron chi connectivity index (χ1n) is 8.84. The number of rotatable bonds is 3. The third kappa shape index (κ3) is 2.81. The molecule has 0 radical (unpaired) electrons. The molecule has 3 aromatic carbocycles. The molecule has 1 fully saturated rings. The lowest BCUT2D eigenvalue weighted by molar-refractivity contribution is 0.104. The van der Waals surface area contributed by atoms with E-state index in [4.69, 9.17) is 6.11 Å². The highest BCUT2D eigenvalue weighted by Gasteiger charge is 2.37. The summed E-state index contributed by atoms with van der Waals surface area (Å²) in [4.78, 5) is 2.06. The number of ether oxygens (including phenoxy) is 1. The fraction of sp³-hybridized carbons (Fsp3) is 0.182. The van der Waals surface area contributed by atoms with Crippen molar-refractivity contribution in [1.82, 2.24) is 0 Å². The summed E-state index contributed by atoms with van der Waals surface area (Å²) in [5.74, 6) is 0. The molecule has 2 nitrogen and oxygen atoms in total. The Bertz CT molecular complexity index is 820. The zero-order valence-corrected chi connectivity index (χ0v) is 13.7. The predicted molar refractivity (Wildman–Crippen MR) is 98.0 cm³/mol. The van der Waals surface area contributed by atoms with Crippen LogP contribution in [-0.4, -0.2) is 6.71 Å². The monoisotopic (exact) mass is 316 g/mol. The summed E-state index contributed by atoms with van der Waals surface area (Å²) in [5.41, 5.74) is 4.48. The number of hydrogen-bond acceptors (Lipinski definition) is 2. The highest BCUT2D eigenvalue weighted by atomic mass is 16.5. The van der Waals surface area contributed by atoms with Gasteiger partial charge in [0.25, 0.3) is 0 Å². The molecule has 0 saturated carbocycles. The zero-order valence-electron chi connectivity index (χ0n) is 14.7. The first kappa shape index (κ1) is 13.8. The van der Waals surface area contributed by atoms with Crippen LogP contribution in [0.25, 0.3) is 0 Å². The minimum atomic E-state index is -0.738. The van der Waals surface area contributed by atoms with Crippen molar-refractivity contribution >= 4 is 5.69 Å². The van der Waals surface area contributed by atoms with Gasteiger partial charge in [0.15, 0.2) is 0 Å². The average molecular weight is 316 g/mol. The van der Waals surface area contributed by atoms with E-state index in [9.17, 15) is 0 Å². The van der Waals surface area contributed by atoms with Gasteiger partial charge in [-0.2, -0.15) is 0 Å². The second-order valence-electron chi connectivity index (χ2n) is 6.17. The van der Waals surface area contributed by atoms with Gasteiger partial charge >= 0.3 is 0 Å². The van der Waals surface area contributed by atoms with E-state index in [0.717, 1.165) is 16.8 Å². The van der Waals surface area contributed by atoms with Crippen molar-refractivity contribution in [1.29, 1.82) is 0 Å². The molecule has 1 heterocycles. The Morgan fingerprint density at radius 2 is 1.42 bits per heavy atom. The molecule has 2 heteroatoms. The van der Waals surface area contributed by atoms with Crippen molar-refractivity contribution in [2.75, 3.05) is 11.6 Å². The van der Waals surface area contributed by atoms with Gasteiger partial charge < -0.3 is 9.64 Å². The largest absolute Gasteiger partial charge is 0.351 e. The summed E-state index contributed by atoms with van der Waals surface area (Å²) in [6, 6.07) is 28.8. The lowest BCUT2D eigenvalue weighted by Crippen LogP contribution is -2.24. The van der Waals surface area contributed by atoms with E-state index >= 15 is 0 Å². The van der Waals surface area contributed by atoms with E-state index in [1.54, 1.807) is 0 Å². The van der Waals surface area contributed by atoms with Crippen molar-refractivity contribution in [2.45, 2.75) is 19.1 Å². The molecule has 1 saturated heterocycles. The van der Waals surface area contributed by atoms with Crippen LogP contribution < -0.4 is 4.90 Å². The Hall–Kier alpha value is -2.58. The lowest BCUT2D eigenvalue weighted by Gasteiger charge is -2.28. The van der Waals surface area contributed by atoms with Crippen molar-refractivity contribution in [3.63, 3.8) is 0 Å². The van der Waals surface area contributed by atoms with E-state index in [1.807, 2.05) is 36.4 Å². The Morgan fingerprint density at radius 3 is 2.04 bits per heavy atom. The molecule has 0 aliphatic carbocycles. The summed E-state index contributed by atoms with van der Waals surface area (Å²) in [5, 5.41) is 0. The maximum atomic E-state index is 8.54. The minimum absolute atomic E-state index is 0.0335. The number of hydrogen-bond donors (Lipinski definition) is 0. The smallest absolute Gasteiger partial charge is 0.120 e. The van der Waals surface area contributed by atoms with E-state index in [1.165, 1.54) is 5.56 Å². The van der Waals surface area contributed by atoms with E-state index < -0.39 is 6.71 Å². The molecule has 3 aromatic rings. The van der Waals surface area contributed by atoms with Gasteiger partial charge in [-0.1, -0.05) is 78.4 Å². The van der Waals surface area contributed by atoms with Crippen LogP contribution in [0.5, 0.6) is 0 Å². The van der Waals surface area contributed by atoms with Crippen LogP contribution in [0.4, 0.5) is 5.69 Å². The molecule has 0 spiro atoms. The number of anilines is 1. The fourth-order valence-corrected chi connectivity index (χ4v) is 3.24. The molecule has 0 amide bonds. The highest BCUT2D eigenvalue weighted by Crippen LogP contribution is 2.44. The second-order valence-corrected chi connectivity index (χ2v) is 6.17. The number of nitrogens with zero attached hydrogens (tertiary/aromatic N) is 1. The van der Waals surface area contributed by atoms with E-state index in [-0.39, 0.29) is 12.1 Å². The molecule has 0 unspecified atom stereocenters. The Labute approximate surface area is 144 Å². The van der Waals surface area contributed by atoms with E-state index in [2.05, 4.69) is 60.4 Å². The lowest BCUT2D eigenvalue weighted by atomic mass is 9.95. The fourth-order valence-electron chi connectivity index (χ4n) is 3.24. The predicted octanol–water partition coefficient (Wildman–Crippen LogP) is 5.27. The second kappa shape index (κ2) is 6.50. The molecule has 0 aromatic heterocycles. The van der Waals surface area contributed by atoms with Crippen LogP contribution in [0.1, 0.15) is 30.2 Å². The van der Waals surface area contributed by atoms with Crippen molar-refractivity contribution in [3.8, 4) is 0 Å². The first-order valence-corrected chi connectivity index (χ1v) is 8.26. The molecular formula is C22H21NO. The summed E-state index contributed by atoms with van der Waals surface area (Å²) < 4.78 is 14.6. The van der Waals surface area contributed by atoms with Gasteiger partial charge in [-0.3, -0.25) is 0 Å². The SMILES string of the molecule is [2H][C@@H]1O[C@@H](c2ccccc2)[C@@H](c2ccccc2)N1c1ccc(C)cc1. The van der Waals surface area contributed by atoms with Crippen LogP contribution in [0.3, 0.4) is 0 Å². The van der Waals surface area contributed by atoms with Crippen molar-refractivity contribution < 1.29 is 6.11 Å². The molecule has 0 N–H and O–H groups in total. The van der Waals surface area contributed by atoms with E-state index in [0.29, 0.717) is 0 Å². The van der Waals surface area contributed by atoms with Crippen LogP contribution in [-0.2, 0) is 4.74 Å². The van der Waals surface area contributed by atoms with Crippen molar-refractivity contribution in [3.05, 3.63) is 102 Å². The Kier molecular flexibility index (Phi) is 3.74. The zero-order chi connectivity index (χ0) is 17.2. The standard InChI is InChI=1S/C22H21NO/c1-17-12-14-20(15-13-17)23-16-24-22(19-10-6-3-7-11-19)21(23)18-8-4-2-5-9-18/h2-15,21-22H,16H2,1H3/t21-,22+/m1/s1/i16D/t16-,21+,22-/m0. The molecule has 1 aliphatic heterocycles.